The number of carbonyl (C=O) groups is 1. The molecule has 2 aromatic heterocycles. The topological polar surface area (TPSA) is 69.5 Å². The third-order valence-corrected chi connectivity index (χ3v) is 5.56. The van der Waals surface area contributed by atoms with Gasteiger partial charge in [0.25, 0.3) is 0 Å². The molecule has 1 saturated heterocycles. The predicted molar refractivity (Wildman–Crippen MR) is 112 cm³/mol. The van der Waals surface area contributed by atoms with E-state index in [-0.39, 0.29) is 5.97 Å². The molecule has 1 aliphatic heterocycles. The van der Waals surface area contributed by atoms with E-state index < -0.39 is 0 Å². The Morgan fingerprint density at radius 1 is 1.14 bits per heavy atom. The van der Waals surface area contributed by atoms with Gasteiger partial charge in [0.15, 0.2) is 16.7 Å². The number of imidazole rings is 1. The van der Waals surface area contributed by atoms with E-state index in [4.69, 9.17) is 9.47 Å². The van der Waals surface area contributed by atoms with E-state index in [0.717, 1.165) is 37.2 Å². The van der Waals surface area contributed by atoms with Gasteiger partial charge in [-0.3, -0.25) is 9.36 Å². The molecule has 0 radical (unpaired) electrons. The van der Waals surface area contributed by atoms with Gasteiger partial charge < -0.3 is 14.4 Å². The van der Waals surface area contributed by atoms with E-state index in [9.17, 15) is 4.79 Å². The number of aromatic nitrogens is 3. The van der Waals surface area contributed by atoms with Gasteiger partial charge in [-0.25, -0.2) is 9.97 Å². The van der Waals surface area contributed by atoms with E-state index >= 15 is 0 Å². The number of hydrogen-bond acceptors (Lipinski definition) is 7. The zero-order chi connectivity index (χ0) is 20.1. The zero-order valence-electron chi connectivity index (χ0n) is 16.2. The summed E-state index contributed by atoms with van der Waals surface area (Å²) in [6.07, 6.45) is 5.22. The molecule has 150 valence electrons. The van der Waals surface area contributed by atoms with Crippen LogP contribution in [0.2, 0.25) is 0 Å². The first-order valence-electron chi connectivity index (χ1n) is 9.43. The van der Waals surface area contributed by atoms with Crippen LogP contribution in [0.3, 0.4) is 0 Å². The fourth-order valence-corrected chi connectivity index (χ4v) is 4.19. The van der Waals surface area contributed by atoms with E-state index in [1.54, 1.807) is 36.3 Å². The maximum atomic E-state index is 11.4. The summed E-state index contributed by atoms with van der Waals surface area (Å²) in [4.78, 5) is 22.7. The summed E-state index contributed by atoms with van der Waals surface area (Å²) < 4.78 is 12.6. The third kappa shape index (κ3) is 4.60. The quantitative estimate of drug-likeness (QED) is 0.456. The molecule has 1 aliphatic rings. The fraction of sp³-hybridized carbons (Fsp3) is 0.286. The van der Waals surface area contributed by atoms with Gasteiger partial charge in [-0.05, 0) is 23.8 Å². The number of morpholine rings is 1. The number of rotatable bonds is 6. The molecule has 0 N–H and O–H groups in total. The highest BCUT2D eigenvalue weighted by Gasteiger charge is 2.17. The van der Waals surface area contributed by atoms with Gasteiger partial charge in [-0.15, -0.1) is 0 Å². The SMILES string of the molecule is CC(=O)Oc1cccnc1-n1ccnc1SCc1ccccc1N1CCOCC1. The van der Waals surface area contributed by atoms with Crippen molar-refractivity contribution in [3.8, 4) is 11.6 Å². The van der Waals surface area contributed by atoms with Gasteiger partial charge in [0.05, 0.1) is 13.2 Å². The smallest absolute Gasteiger partial charge is 0.308 e. The number of benzene rings is 1. The van der Waals surface area contributed by atoms with Crippen LogP contribution in [-0.2, 0) is 15.3 Å². The molecule has 0 aliphatic carbocycles. The minimum atomic E-state index is -0.381. The average molecular weight is 410 g/mol. The van der Waals surface area contributed by atoms with Crippen LogP contribution in [0.25, 0.3) is 5.82 Å². The standard InChI is InChI=1S/C21H22N4O3S/c1-16(26)28-19-7-4-8-22-20(19)25-10-9-23-21(25)29-15-17-5-2-3-6-18(17)24-11-13-27-14-12-24/h2-10H,11-15H2,1H3. The van der Waals surface area contributed by atoms with Crippen molar-refractivity contribution in [2.45, 2.75) is 17.8 Å². The van der Waals surface area contributed by atoms with Crippen molar-refractivity contribution in [3.05, 3.63) is 60.6 Å². The van der Waals surface area contributed by atoms with E-state index in [1.165, 1.54) is 18.2 Å². The lowest BCUT2D eigenvalue weighted by molar-refractivity contribution is -0.131. The van der Waals surface area contributed by atoms with Gasteiger partial charge in [0.1, 0.15) is 0 Å². The Balaban J connectivity index is 1.55. The van der Waals surface area contributed by atoms with Crippen LogP contribution in [0.4, 0.5) is 5.69 Å². The lowest BCUT2D eigenvalue weighted by atomic mass is 10.1. The van der Waals surface area contributed by atoms with Crippen LogP contribution < -0.4 is 9.64 Å². The van der Waals surface area contributed by atoms with Crippen LogP contribution in [0.15, 0.2) is 60.1 Å². The second-order valence-electron chi connectivity index (χ2n) is 6.52. The number of esters is 1. The van der Waals surface area contributed by atoms with Crippen molar-refractivity contribution in [3.63, 3.8) is 0 Å². The Hall–Kier alpha value is -2.84. The second kappa shape index (κ2) is 9.11. The molecule has 1 aromatic carbocycles. The maximum Gasteiger partial charge on any atom is 0.308 e. The first-order chi connectivity index (χ1) is 14.2. The van der Waals surface area contributed by atoms with Crippen molar-refractivity contribution in [2.24, 2.45) is 0 Å². The molecule has 0 unspecified atom stereocenters. The molecule has 3 heterocycles. The van der Waals surface area contributed by atoms with E-state index in [0.29, 0.717) is 11.6 Å². The number of hydrogen-bond donors (Lipinski definition) is 0. The number of anilines is 1. The summed E-state index contributed by atoms with van der Waals surface area (Å²) in [5, 5.41) is 0.786. The molecule has 8 heteroatoms. The molecule has 4 rings (SSSR count). The number of nitrogens with zero attached hydrogens (tertiary/aromatic N) is 4. The van der Waals surface area contributed by atoms with Gasteiger partial charge in [0.2, 0.25) is 0 Å². The molecule has 1 fully saturated rings. The van der Waals surface area contributed by atoms with E-state index in [2.05, 4.69) is 39.1 Å². The molecule has 0 amide bonds. The fourth-order valence-electron chi connectivity index (χ4n) is 3.24. The van der Waals surface area contributed by atoms with Crippen LogP contribution >= 0.6 is 11.8 Å². The molecule has 0 atom stereocenters. The molecular formula is C21H22N4O3S. The van der Waals surface area contributed by atoms with Crippen LogP contribution in [0, 0.1) is 0 Å². The Morgan fingerprint density at radius 2 is 1.97 bits per heavy atom. The normalized spacial score (nSPS) is 14.0. The van der Waals surface area contributed by atoms with E-state index in [1.807, 2.05) is 10.8 Å². The van der Waals surface area contributed by atoms with Crippen molar-refractivity contribution < 1.29 is 14.3 Å². The Morgan fingerprint density at radius 3 is 2.79 bits per heavy atom. The predicted octanol–water partition coefficient (Wildman–Crippen LogP) is 3.32. The van der Waals surface area contributed by atoms with Gasteiger partial charge in [-0.2, -0.15) is 0 Å². The Bertz CT molecular complexity index is 985. The molecular weight excluding hydrogens is 388 g/mol. The summed E-state index contributed by atoms with van der Waals surface area (Å²) in [7, 11) is 0. The van der Waals surface area contributed by atoms with Crippen molar-refractivity contribution in [1.82, 2.24) is 14.5 Å². The first kappa shape index (κ1) is 19.5. The molecule has 0 spiro atoms. The minimum Gasteiger partial charge on any atom is -0.423 e. The highest BCUT2D eigenvalue weighted by Crippen LogP contribution is 2.31. The molecule has 29 heavy (non-hydrogen) atoms. The van der Waals surface area contributed by atoms with Gasteiger partial charge in [-0.1, -0.05) is 30.0 Å². The number of para-hydroxylation sites is 1. The van der Waals surface area contributed by atoms with Crippen LogP contribution in [-0.4, -0.2) is 46.8 Å². The monoisotopic (exact) mass is 410 g/mol. The first-order valence-corrected chi connectivity index (χ1v) is 10.4. The number of thioether (sulfide) groups is 1. The number of carbonyl (C=O) groups excluding carboxylic acids is 1. The third-order valence-electron chi connectivity index (χ3n) is 4.54. The van der Waals surface area contributed by atoms with Crippen molar-refractivity contribution in [2.75, 3.05) is 31.2 Å². The second-order valence-corrected chi connectivity index (χ2v) is 7.46. The highest BCUT2D eigenvalue weighted by atomic mass is 32.2. The molecule has 0 saturated carbocycles. The summed E-state index contributed by atoms with van der Waals surface area (Å²) in [6.45, 7) is 4.68. The average Bonchev–Trinajstić information content (AvgIpc) is 3.21. The lowest BCUT2D eigenvalue weighted by Crippen LogP contribution is -2.36. The Kier molecular flexibility index (Phi) is 6.12. The van der Waals surface area contributed by atoms with Crippen molar-refractivity contribution >= 4 is 23.4 Å². The number of pyridine rings is 1. The zero-order valence-corrected chi connectivity index (χ0v) is 17.0. The molecule has 7 nitrogen and oxygen atoms in total. The summed E-state index contributed by atoms with van der Waals surface area (Å²) >= 11 is 1.62. The summed E-state index contributed by atoms with van der Waals surface area (Å²) in [5.41, 5.74) is 2.48. The number of ether oxygens (including phenoxy) is 2. The highest BCUT2D eigenvalue weighted by molar-refractivity contribution is 7.98. The molecule has 0 bridgehead atoms. The summed E-state index contributed by atoms with van der Waals surface area (Å²) in [5.74, 6) is 1.34. The van der Waals surface area contributed by atoms with Crippen LogP contribution in [0.1, 0.15) is 12.5 Å². The largest absolute Gasteiger partial charge is 0.423 e. The van der Waals surface area contributed by atoms with Crippen molar-refractivity contribution in [1.29, 1.82) is 0 Å². The summed E-state index contributed by atoms with van der Waals surface area (Å²) in [6, 6.07) is 11.9. The van der Waals surface area contributed by atoms with Gasteiger partial charge >= 0.3 is 5.97 Å². The minimum absolute atomic E-state index is 0.381. The lowest BCUT2D eigenvalue weighted by Gasteiger charge is -2.30. The van der Waals surface area contributed by atoms with Crippen LogP contribution in [0.5, 0.6) is 5.75 Å². The van der Waals surface area contributed by atoms with Gasteiger partial charge in [0, 0.05) is 50.0 Å². The Labute approximate surface area is 173 Å². The molecule has 3 aromatic rings. The maximum absolute atomic E-state index is 11.4.